The third-order valence-electron chi connectivity index (χ3n) is 5.05. The molecule has 0 radical (unpaired) electrons. The number of carbonyl (C=O) groups excluding carboxylic acids is 2. The molecule has 3 N–H and O–H groups in total. The Kier molecular flexibility index (Phi) is 8.22. The van der Waals surface area contributed by atoms with E-state index in [1.807, 2.05) is 50.4 Å². The summed E-state index contributed by atoms with van der Waals surface area (Å²) in [5.41, 5.74) is 1.04. The number of halogens is 1. The molecule has 2 amide bonds. The van der Waals surface area contributed by atoms with Gasteiger partial charge in [0, 0.05) is 31.0 Å². The quantitative estimate of drug-likeness (QED) is 0.643. The minimum atomic E-state index is -0.655. The summed E-state index contributed by atoms with van der Waals surface area (Å²) in [7, 11) is 0. The predicted octanol–water partition coefficient (Wildman–Crippen LogP) is 2.68. The second kappa shape index (κ2) is 10.4. The van der Waals surface area contributed by atoms with E-state index in [2.05, 4.69) is 21.0 Å². The molecule has 8 heteroatoms. The molecule has 158 valence electrons. The van der Waals surface area contributed by atoms with Crippen molar-refractivity contribution in [2.75, 3.05) is 18.4 Å². The lowest BCUT2D eigenvalue weighted by Gasteiger charge is -2.36. The van der Waals surface area contributed by atoms with Crippen LogP contribution in [-0.4, -0.2) is 34.7 Å². The van der Waals surface area contributed by atoms with Crippen molar-refractivity contribution in [2.45, 2.75) is 45.2 Å². The van der Waals surface area contributed by atoms with Gasteiger partial charge in [-0.2, -0.15) is 5.10 Å². The summed E-state index contributed by atoms with van der Waals surface area (Å²) in [5, 5.41) is 13.6. The highest BCUT2D eigenvalue weighted by Crippen LogP contribution is 2.27. The van der Waals surface area contributed by atoms with Gasteiger partial charge in [-0.1, -0.05) is 26.0 Å². The summed E-state index contributed by atoms with van der Waals surface area (Å²) >= 11 is 0. The van der Waals surface area contributed by atoms with Gasteiger partial charge in [-0.15, -0.1) is 12.4 Å². The van der Waals surface area contributed by atoms with Crippen LogP contribution in [0.1, 0.15) is 38.7 Å². The van der Waals surface area contributed by atoms with E-state index in [1.165, 1.54) is 0 Å². The normalized spacial score (nSPS) is 15.4. The Labute approximate surface area is 178 Å². The first kappa shape index (κ1) is 22.9. The first-order chi connectivity index (χ1) is 13.5. The summed E-state index contributed by atoms with van der Waals surface area (Å²) in [6.07, 6.45) is 5.45. The van der Waals surface area contributed by atoms with Gasteiger partial charge in [-0.3, -0.25) is 14.3 Å². The average Bonchev–Trinajstić information content (AvgIpc) is 3.21. The number of amides is 2. The first-order valence-corrected chi connectivity index (χ1v) is 9.87. The molecular weight excluding hydrogens is 390 g/mol. The Morgan fingerprint density at radius 3 is 2.66 bits per heavy atom. The standard InChI is InChI=1S/C21H29N5O2.ClH/c1-16(2)13-19(27)25-18-6-3-5-17(14-18)15-23-20(28)21(7-10-22-11-8-21)26-12-4-9-24-26;/h3-6,9,12,14,16,22H,7-8,10-11,13,15H2,1-2H3,(H,23,28)(H,25,27);1H. The lowest BCUT2D eigenvalue weighted by atomic mass is 9.87. The lowest BCUT2D eigenvalue weighted by molar-refractivity contribution is -0.132. The molecule has 1 aliphatic rings. The zero-order chi connectivity index (χ0) is 20.0. The Morgan fingerprint density at radius 2 is 2.00 bits per heavy atom. The van der Waals surface area contributed by atoms with Gasteiger partial charge in [-0.05, 0) is 55.6 Å². The molecule has 1 fully saturated rings. The van der Waals surface area contributed by atoms with E-state index in [0.29, 0.717) is 31.7 Å². The molecule has 0 atom stereocenters. The smallest absolute Gasteiger partial charge is 0.248 e. The van der Waals surface area contributed by atoms with Gasteiger partial charge in [0.05, 0.1) is 0 Å². The highest BCUT2D eigenvalue weighted by Gasteiger charge is 2.41. The van der Waals surface area contributed by atoms with Crippen molar-refractivity contribution in [1.82, 2.24) is 20.4 Å². The van der Waals surface area contributed by atoms with Gasteiger partial charge in [0.25, 0.3) is 0 Å². The van der Waals surface area contributed by atoms with E-state index in [4.69, 9.17) is 0 Å². The van der Waals surface area contributed by atoms with E-state index in [-0.39, 0.29) is 24.2 Å². The zero-order valence-electron chi connectivity index (χ0n) is 17.0. The molecule has 0 saturated carbocycles. The third kappa shape index (κ3) is 5.81. The fraction of sp³-hybridized carbons (Fsp3) is 0.476. The Hall–Kier alpha value is -2.38. The van der Waals surface area contributed by atoms with Crippen LogP contribution in [0.5, 0.6) is 0 Å². The summed E-state index contributed by atoms with van der Waals surface area (Å²) in [5.74, 6) is 0.293. The summed E-state index contributed by atoms with van der Waals surface area (Å²) < 4.78 is 1.78. The SMILES string of the molecule is CC(C)CC(=O)Nc1cccc(CNC(=O)C2(n3cccn3)CCNCC2)c1.Cl. The summed E-state index contributed by atoms with van der Waals surface area (Å²) in [6.45, 7) is 6.00. The number of aromatic nitrogens is 2. The van der Waals surface area contributed by atoms with Gasteiger partial charge in [-0.25, -0.2) is 0 Å². The maximum Gasteiger partial charge on any atom is 0.248 e. The number of nitrogens with one attached hydrogen (secondary N) is 3. The minimum Gasteiger partial charge on any atom is -0.350 e. The largest absolute Gasteiger partial charge is 0.350 e. The van der Waals surface area contributed by atoms with Gasteiger partial charge in [0.2, 0.25) is 11.8 Å². The summed E-state index contributed by atoms with van der Waals surface area (Å²) in [4.78, 5) is 25.1. The number of carbonyl (C=O) groups is 2. The second-order valence-corrected chi connectivity index (χ2v) is 7.76. The average molecular weight is 420 g/mol. The molecular formula is C21H30ClN5O2. The molecule has 0 aliphatic carbocycles. The molecule has 3 rings (SSSR count). The van der Waals surface area contributed by atoms with Crippen LogP contribution in [0, 0.1) is 5.92 Å². The molecule has 1 aliphatic heterocycles. The molecule has 0 unspecified atom stereocenters. The highest BCUT2D eigenvalue weighted by atomic mass is 35.5. The molecule has 7 nitrogen and oxygen atoms in total. The topological polar surface area (TPSA) is 88.1 Å². The molecule has 1 aromatic carbocycles. The van der Waals surface area contributed by atoms with Crippen molar-refractivity contribution in [3.8, 4) is 0 Å². The minimum absolute atomic E-state index is 0. The van der Waals surface area contributed by atoms with Crippen molar-refractivity contribution < 1.29 is 9.59 Å². The Bertz CT molecular complexity index is 801. The van der Waals surface area contributed by atoms with Crippen LogP contribution in [-0.2, 0) is 21.7 Å². The monoisotopic (exact) mass is 419 g/mol. The van der Waals surface area contributed by atoms with Crippen LogP contribution in [0.15, 0.2) is 42.7 Å². The van der Waals surface area contributed by atoms with Crippen molar-refractivity contribution >= 4 is 29.9 Å². The lowest BCUT2D eigenvalue weighted by Crippen LogP contribution is -2.54. The van der Waals surface area contributed by atoms with Crippen LogP contribution in [0.4, 0.5) is 5.69 Å². The van der Waals surface area contributed by atoms with Crippen LogP contribution in [0.3, 0.4) is 0 Å². The number of nitrogens with zero attached hydrogens (tertiary/aromatic N) is 2. The van der Waals surface area contributed by atoms with E-state index in [0.717, 1.165) is 24.3 Å². The number of hydrogen-bond donors (Lipinski definition) is 3. The number of benzene rings is 1. The second-order valence-electron chi connectivity index (χ2n) is 7.76. The molecule has 29 heavy (non-hydrogen) atoms. The van der Waals surface area contributed by atoms with Crippen LogP contribution >= 0.6 is 12.4 Å². The molecule has 2 heterocycles. The number of anilines is 1. The molecule has 1 saturated heterocycles. The van der Waals surface area contributed by atoms with Gasteiger partial charge >= 0.3 is 0 Å². The zero-order valence-corrected chi connectivity index (χ0v) is 17.8. The van der Waals surface area contributed by atoms with Crippen LogP contribution < -0.4 is 16.0 Å². The predicted molar refractivity (Wildman–Crippen MR) is 116 cm³/mol. The first-order valence-electron chi connectivity index (χ1n) is 9.87. The van der Waals surface area contributed by atoms with Crippen molar-refractivity contribution in [3.63, 3.8) is 0 Å². The number of hydrogen-bond acceptors (Lipinski definition) is 4. The number of piperidine rings is 1. The van der Waals surface area contributed by atoms with E-state index < -0.39 is 5.54 Å². The van der Waals surface area contributed by atoms with Crippen molar-refractivity contribution in [3.05, 3.63) is 48.3 Å². The maximum absolute atomic E-state index is 13.1. The fourth-order valence-electron chi connectivity index (χ4n) is 3.61. The van der Waals surface area contributed by atoms with E-state index in [1.54, 1.807) is 10.9 Å². The van der Waals surface area contributed by atoms with Crippen LogP contribution in [0.25, 0.3) is 0 Å². The molecule has 2 aromatic rings. The third-order valence-corrected chi connectivity index (χ3v) is 5.05. The van der Waals surface area contributed by atoms with Gasteiger partial charge in [0.15, 0.2) is 0 Å². The molecule has 0 bridgehead atoms. The highest BCUT2D eigenvalue weighted by molar-refractivity contribution is 5.91. The molecule has 0 spiro atoms. The van der Waals surface area contributed by atoms with E-state index in [9.17, 15) is 9.59 Å². The van der Waals surface area contributed by atoms with Crippen molar-refractivity contribution in [1.29, 1.82) is 0 Å². The van der Waals surface area contributed by atoms with Gasteiger partial charge in [0.1, 0.15) is 5.54 Å². The maximum atomic E-state index is 13.1. The Morgan fingerprint density at radius 1 is 1.24 bits per heavy atom. The fourth-order valence-corrected chi connectivity index (χ4v) is 3.61. The van der Waals surface area contributed by atoms with Crippen LogP contribution in [0.2, 0.25) is 0 Å². The van der Waals surface area contributed by atoms with Crippen molar-refractivity contribution in [2.24, 2.45) is 5.92 Å². The van der Waals surface area contributed by atoms with Gasteiger partial charge < -0.3 is 16.0 Å². The Balaban J connectivity index is 0.00000300. The molecule has 1 aromatic heterocycles. The summed E-state index contributed by atoms with van der Waals surface area (Å²) in [6, 6.07) is 9.45. The van der Waals surface area contributed by atoms with E-state index >= 15 is 0 Å². The number of rotatable bonds is 7.